The topological polar surface area (TPSA) is 56.3 Å². The number of benzene rings is 2. The maximum atomic E-state index is 14.5. The number of halogens is 3. The van der Waals surface area contributed by atoms with Gasteiger partial charge in [0.25, 0.3) is 0 Å². The molecule has 4 nitrogen and oxygen atoms in total. The van der Waals surface area contributed by atoms with Crippen LogP contribution in [-0.4, -0.2) is 40.1 Å². The number of aliphatic hydroxyl groups excluding tert-OH is 1. The molecule has 1 saturated carbocycles. The van der Waals surface area contributed by atoms with E-state index in [2.05, 4.69) is 4.98 Å². The minimum absolute atomic E-state index is 0.0198. The summed E-state index contributed by atoms with van der Waals surface area (Å²) in [5.41, 5.74) is 1.94. The summed E-state index contributed by atoms with van der Waals surface area (Å²) in [4.78, 5) is 17.8. The third-order valence-electron chi connectivity index (χ3n) is 7.10. The molecule has 0 radical (unpaired) electrons. The summed E-state index contributed by atoms with van der Waals surface area (Å²) in [6.45, 7) is 4.73. The number of hydrogen-bond donors (Lipinski definition) is 2. The third-order valence-corrected chi connectivity index (χ3v) is 7.10. The first-order chi connectivity index (χ1) is 15.1. The van der Waals surface area contributed by atoms with Crippen LogP contribution in [0.2, 0.25) is 0 Å². The highest BCUT2D eigenvalue weighted by Crippen LogP contribution is 2.49. The van der Waals surface area contributed by atoms with Crippen molar-refractivity contribution in [2.24, 2.45) is 11.3 Å². The number of hydrogen-bond acceptors (Lipinski definition) is 2. The van der Waals surface area contributed by atoms with E-state index in [0.717, 1.165) is 11.6 Å². The van der Waals surface area contributed by atoms with Crippen molar-refractivity contribution in [1.82, 2.24) is 9.88 Å². The zero-order valence-electron chi connectivity index (χ0n) is 18.0. The fourth-order valence-corrected chi connectivity index (χ4v) is 5.11. The summed E-state index contributed by atoms with van der Waals surface area (Å²) in [5, 5.41) is 10.7. The highest BCUT2D eigenvalue weighted by molar-refractivity contribution is 5.92. The van der Waals surface area contributed by atoms with Gasteiger partial charge in [-0.2, -0.15) is 0 Å². The summed E-state index contributed by atoms with van der Waals surface area (Å²) in [6.07, 6.45) is 0.572. The molecule has 1 atom stereocenters. The SMILES string of the molecule is CC1(C)CN(C(=O)C2CC(c3c(-c4ccc(F)cc4)[nH]c4c(F)cc(F)cc34)C2)CC1O. The van der Waals surface area contributed by atoms with Gasteiger partial charge in [-0.15, -0.1) is 0 Å². The number of β-amino-alcohol motifs (C(OH)–C–C–N with tert-alkyl or cyclic N) is 1. The quantitative estimate of drug-likeness (QED) is 0.602. The number of aromatic amines is 1. The van der Waals surface area contributed by atoms with Crippen molar-refractivity contribution in [3.63, 3.8) is 0 Å². The van der Waals surface area contributed by atoms with Crippen molar-refractivity contribution in [3.05, 3.63) is 59.4 Å². The number of H-pyrrole nitrogens is 1. The van der Waals surface area contributed by atoms with Gasteiger partial charge in [0.2, 0.25) is 5.91 Å². The first kappa shape index (κ1) is 21.1. The molecule has 2 aromatic carbocycles. The van der Waals surface area contributed by atoms with E-state index in [1.54, 1.807) is 17.0 Å². The number of rotatable bonds is 3. The molecule has 5 rings (SSSR count). The van der Waals surface area contributed by atoms with E-state index >= 15 is 0 Å². The van der Waals surface area contributed by atoms with E-state index in [1.807, 2.05) is 13.8 Å². The van der Waals surface area contributed by atoms with Gasteiger partial charge in [0.15, 0.2) is 0 Å². The monoisotopic (exact) mass is 442 g/mol. The van der Waals surface area contributed by atoms with Gasteiger partial charge < -0.3 is 15.0 Å². The number of amides is 1. The highest BCUT2D eigenvalue weighted by atomic mass is 19.1. The van der Waals surface area contributed by atoms with E-state index in [-0.39, 0.29) is 34.5 Å². The second-order valence-corrected chi connectivity index (χ2v) is 9.82. The van der Waals surface area contributed by atoms with Gasteiger partial charge in [0, 0.05) is 35.9 Å². The predicted octanol–water partition coefficient (Wildman–Crippen LogP) is 4.98. The Kier molecular flexibility index (Phi) is 4.85. The van der Waals surface area contributed by atoms with Gasteiger partial charge in [0.05, 0.1) is 17.3 Å². The predicted molar refractivity (Wildman–Crippen MR) is 115 cm³/mol. The van der Waals surface area contributed by atoms with Gasteiger partial charge in [-0.1, -0.05) is 13.8 Å². The van der Waals surface area contributed by atoms with E-state index in [4.69, 9.17) is 0 Å². The molecule has 2 heterocycles. The van der Waals surface area contributed by atoms with Crippen LogP contribution in [0.25, 0.3) is 22.2 Å². The summed E-state index contributed by atoms with van der Waals surface area (Å²) < 4.78 is 42.0. The molecule has 0 bridgehead atoms. The molecule has 168 valence electrons. The Labute approximate surface area is 184 Å². The fourth-order valence-electron chi connectivity index (χ4n) is 5.11. The number of likely N-dealkylation sites (tertiary alicyclic amines) is 1. The molecular formula is C25H25F3N2O2. The molecule has 1 aliphatic carbocycles. The summed E-state index contributed by atoms with van der Waals surface area (Å²) in [5.74, 6) is -1.96. The van der Waals surface area contributed by atoms with Crippen LogP contribution in [-0.2, 0) is 4.79 Å². The Morgan fingerprint density at radius 1 is 1.09 bits per heavy atom. The van der Waals surface area contributed by atoms with Crippen LogP contribution in [0.5, 0.6) is 0 Å². The van der Waals surface area contributed by atoms with Crippen LogP contribution in [0.1, 0.15) is 38.2 Å². The van der Waals surface area contributed by atoms with Gasteiger partial charge in [-0.05, 0) is 60.2 Å². The maximum absolute atomic E-state index is 14.5. The van der Waals surface area contributed by atoms with Crippen molar-refractivity contribution in [2.45, 2.75) is 38.7 Å². The number of carbonyl (C=O) groups is 1. The molecular weight excluding hydrogens is 417 g/mol. The van der Waals surface area contributed by atoms with Gasteiger partial charge >= 0.3 is 0 Å². The average Bonchev–Trinajstić information content (AvgIpc) is 3.19. The Morgan fingerprint density at radius 3 is 2.41 bits per heavy atom. The van der Waals surface area contributed by atoms with Crippen molar-refractivity contribution in [1.29, 1.82) is 0 Å². The van der Waals surface area contributed by atoms with Crippen molar-refractivity contribution in [2.75, 3.05) is 13.1 Å². The zero-order valence-corrected chi connectivity index (χ0v) is 18.0. The molecule has 1 amide bonds. The molecule has 0 spiro atoms. The van der Waals surface area contributed by atoms with Crippen molar-refractivity contribution in [3.8, 4) is 11.3 Å². The van der Waals surface area contributed by atoms with E-state index < -0.39 is 17.7 Å². The lowest BCUT2D eigenvalue weighted by molar-refractivity contribution is -0.138. The molecule has 1 unspecified atom stereocenters. The van der Waals surface area contributed by atoms with Crippen LogP contribution in [0, 0.1) is 28.8 Å². The van der Waals surface area contributed by atoms with E-state index in [9.17, 15) is 23.1 Å². The maximum Gasteiger partial charge on any atom is 0.225 e. The second-order valence-electron chi connectivity index (χ2n) is 9.82. The summed E-state index contributed by atoms with van der Waals surface area (Å²) >= 11 is 0. The Bertz CT molecular complexity index is 1200. The zero-order chi connectivity index (χ0) is 22.8. The highest BCUT2D eigenvalue weighted by Gasteiger charge is 2.45. The van der Waals surface area contributed by atoms with Crippen LogP contribution < -0.4 is 0 Å². The van der Waals surface area contributed by atoms with Crippen LogP contribution in [0.15, 0.2) is 36.4 Å². The second kappa shape index (κ2) is 7.37. The molecule has 2 N–H and O–H groups in total. The Hall–Kier alpha value is -2.80. The summed E-state index contributed by atoms with van der Waals surface area (Å²) in [6, 6.07) is 8.01. The molecule has 2 fully saturated rings. The van der Waals surface area contributed by atoms with Crippen LogP contribution >= 0.6 is 0 Å². The normalized spacial score (nSPS) is 24.7. The van der Waals surface area contributed by atoms with Gasteiger partial charge in [0.1, 0.15) is 17.5 Å². The Balaban J connectivity index is 1.46. The standard InChI is InChI=1S/C25H25F3N2O2/c1-25(2)12-30(11-20(25)31)24(32)15-7-14(8-15)21-18-9-17(27)10-19(28)23(18)29-22(21)13-3-5-16(26)6-4-13/h3-6,9-10,14-15,20,29,31H,7-8,11-12H2,1-2H3. The average molecular weight is 442 g/mol. The first-order valence-electron chi connectivity index (χ1n) is 10.9. The fraction of sp³-hybridized carbons (Fsp3) is 0.400. The number of nitrogens with one attached hydrogen (secondary N) is 1. The minimum atomic E-state index is -0.685. The van der Waals surface area contributed by atoms with Crippen LogP contribution in [0.3, 0.4) is 0 Å². The lowest BCUT2D eigenvalue weighted by Crippen LogP contribution is -2.40. The molecule has 1 saturated heterocycles. The molecule has 32 heavy (non-hydrogen) atoms. The number of aromatic nitrogens is 1. The van der Waals surface area contributed by atoms with Gasteiger partial charge in [-0.25, -0.2) is 13.2 Å². The number of carbonyl (C=O) groups excluding carboxylic acids is 1. The molecule has 1 aliphatic heterocycles. The van der Waals surface area contributed by atoms with E-state index in [0.29, 0.717) is 42.6 Å². The van der Waals surface area contributed by atoms with Gasteiger partial charge in [-0.3, -0.25) is 4.79 Å². The van der Waals surface area contributed by atoms with Crippen LogP contribution in [0.4, 0.5) is 13.2 Å². The third kappa shape index (κ3) is 3.39. The molecule has 7 heteroatoms. The van der Waals surface area contributed by atoms with Crippen molar-refractivity contribution < 1.29 is 23.1 Å². The number of nitrogens with zero attached hydrogens (tertiary/aromatic N) is 1. The first-order valence-corrected chi connectivity index (χ1v) is 10.9. The molecule has 3 aromatic rings. The summed E-state index contributed by atoms with van der Waals surface area (Å²) in [7, 11) is 0. The lowest BCUT2D eigenvalue weighted by Gasteiger charge is -2.37. The smallest absolute Gasteiger partial charge is 0.225 e. The lowest BCUT2D eigenvalue weighted by atomic mass is 9.69. The molecule has 1 aromatic heterocycles. The minimum Gasteiger partial charge on any atom is -0.391 e. The Morgan fingerprint density at radius 2 is 1.78 bits per heavy atom. The number of aliphatic hydroxyl groups is 1. The molecule has 2 aliphatic rings. The van der Waals surface area contributed by atoms with Crippen molar-refractivity contribution >= 4 is 16.8 Å². The van der Waals surface area contributed by atoms with E-state index in [1.165, 1.54) is 18.2 Å². The number of fused-ring (bicyclic) bond motifs is 1. The largest absolute Gasteiger partial charge is 0.391 e.